The minimum absolute atomic E-state index is 0.0411. The van der Waals surface area contributed by atoms with Crippen LogP contribution in [0.15, 0.2) is 24.3 Å². The van der Waals surface area contributed by atoms with Gasteiger partial charge in [-0.15, -0.1) is 0 Å². The summed E-state index contributed by atoms with van der Waals surface area (Å²) >= 11 is 0. The molecule has 1 N–H and O–H groups in total. The maximum absolute atomic E-state index is 13.1. The number of alkyl halides is 3. The molecule has 0 unspecified atom stereocenters. The number of aliphatic hydroxyl groups excluding tert-OH is 1. The average molecular weight is 342 g/mol. The van der Waals surface area contributed by atoms with Crippen molar-refractivity contribution in [2.75, 3.05) is 39.3 Å². The van der Waals surface area contributed by atoms with Crippen LogP contribution in [0, 0.1) is 5.92 Å². The standard InChI is InChI=1S/C17H21F3N2O2/c18-17(19,20)15-4-2-1-3-12(15)13-11-14(13)16(24)22-7-5-21(6-8-22)9-10-23/h1-4,13-14,23H,5-11H2/t13-,14-/m0/s1. The molecule has 1 aromatic carbocycles. The largest absolute Gasteiger partial charge is 0.416 e. The Kier molecular flexibility index (Phi) is 4.83. The molecule has 2 atom stereocenters. The highest BCUT2D eigenvalue weighted by Gasteiger charge is 2.49. The van der Waals surface area contributed by atoms with Gasteiger partial charge in [0.25, 0.3) is 0 Å². The van der Waals surface area contributed by atoms with Gasteiger partial charge < -0.3 is 10.0 Å². The number of nitrogens with zero attached hydrogens (tertiary/aromatic N) is 2. The van der Waals surface area contributed by atoms with E-state index in [4.69, 9.17) is 5.11 Å². The molecule has 1 aliphatic heterocycles. The van der Waals surface area contributed by atoms with Crippen LogP contribution in [0.1, 0.15) is 23.5 Å². The molecule has 1 aromatic rings. The van der Waals surface area contributed by atoms with E-state index in [1.165, 1.54) is 12.1 Å². The first-order valence-electron chi connectivity index (χ1n) is 8.20. The van der Waals surface area contributed by atoms with Crippen molar-refractivity contribution >= 4 is 5.91 Å². The van der Waals surface area contributed by atoms with Gasteiger partial charge in [-0.25, -0.2) is 0 Å². The summed E-state index contributed by atoms with van der Waals surface area (Å²) in [5.74, 6) is -0.704. The maximum Gasteiger partial charge on any atom is 0.416 e. The normalized spacial score (nSPS) is 24.9. The summed E-state index contributed by atoms with van der Waals surface area (Å²) in [7, 11) is 0. The van der Waals surface area contributed by atoms with Gasteiger partial charge in [0.15, 0.2) is 0 Å². The van der Waals surface area contributed by atoms with E-state index >= 15 is 0 Å². The summed E-state index contributed by atoms with van der Waals surface area (Å²) < 4.78 is 39.3. The molecule has 1 saturated heterocycles. The van der Waals surface area contributed by atoms with Gasteiger partial charge in [0.1, 0.15) is 0 Å². The van der Waals surface area contributed by atoms with Gasteiger partial charge in [-0.05, 0) is 24.0 Å². The quantitative estimate of drug-likeness (QED) is 0.910. The molecule has 0 spiro atoms. The third-order valence-corrected chi connectivity index (χ3v) is 4.87. The van der Waals surface area contributed by atoms with Crippen LogP contribution in [-0.2, 0) is 11.0 Å². The first kappa shape index (κ1) is 17.2. The summed E-state index contributed by atoms with van der Waals surface area (Å²) in [6.07, 6.45) is -3.90. The van der Waals surface area contributed by atoms with E-state index in [2.05, 4.69) is 4.90 Å². The smallest absolute Gasteiger partial charge is 0.395 e. The van der Waals surface area contributed by atoms with Gasteiger partial charge in [-0.1, -0.05) is 18.2 Å². The Hall–Kier alpha value is -1.60. The Bertz CT molecular complexity index is 598. The summed E-state index contributed by atoms with van der Waals surface area (Å²) in [5.41, 5.74) is -0.389. The molecule has 1 saturated carbocycles. The maximum atomic E-state index is 13.1. The Balaban J connectivity index is 1.63. The zero-order chi connectivity index (χ0) is 17.3. The SMILES string of the molecule is O=C([C@H]1C[C@H]1c1ccccc1C(F)(F)F)N1CCN(CCO)CC1. The zero-order valence-electron chi connectivity index (χ0n) is 13.3. The molecule has 1 heterocycles. The van der Waals surface area contributed by atoms with Crippen LogP contribution in [0.4, 0.5) is 13.2 Å². The van der Waals surface area contributed by atoms with Crippen molar-refractivity contribution in [3.05, 3.63) is 35.4 Å². The van der Waals surface area contributed by atoms with Crippen LogP contribution in [0.5, 0.6) is 0 Å². The van der Waals surface area contributed by atoms with Crippen molar-refractivity contribution in [3.8, 4) is 0 Å². The molecule has 0 aromatic heterocycles. The van der Waals surface area contributed by atoms with Crippen molar-refractivity contribution < 1.29 is 23.1 Å². The second-order valence-electron chi connectivity index (χ2n) is 6.42. The topological polar surface area (TPSA) is 43.8 Å². The van der Waals surface area contributed by atoms with Gasteiger partial charge in [0.2, 0.25) is 5.91 Å². The Labute approximate surface area is 138 Å². The van der Waals surface area contributed by atoms with Crippen molar-refractivity contribution in [1.29, 1.82) is 0 Å². The van der Waals surface area contributed by atoms with Crippen LogP contribution in [0.2, 0.25) is 0 Å². The highest BCUT2D eigenvalue weighted by Crippen LogP contribution is 2.51. The van der Waals surface area contributed by atoms with Gasteiger partial charge in [0, 0.05) is 38.6 Å². The number of rotatable bonds is 4. The number of halogens is 3. The Morgan fingerprint density at radius 2 is 1.83 bits per heavy atom. The molecule has 132 valence electrons. The van der Waals surface area contributed by atoms with Crippen molar-refractivity contribution in [2.45, 2.75) is 18.5 Å². The number of carbonyl (C=O) groups is 1. The molecule has 4 nitrogen and oxygen atoms in total. The van der Waals surface area contributed by atoms with Crippen molar-refractivity contribution in [3.63, 3.8) is 0 Å². The lowest BCUT2D eigenvalue weighted by molar-refractivity contribution is -0.139. The van der Waals surface area contributed by atoms with Gasteiger partial charge >= 0.3 is 6.18 Å². The second kappa shape index (κ2) is 6.72. The third-order valence-electron chi connectivity index (χ3n) is 4.87. The number of benzene rings is 1. The number of carbonyl (C=O) groups excluding carboxylic acids is 1. The molecule has 7 heteroatoms. The highest BCUT2D eigenvalue weighted by atomic mass is 19.4. The number of hydrogen-bond acceptors (Lipinski definition) is 3. The molecule has 1 amide bonds. The molecule has 3 rings (SSSR count). The van der Waals surface area contributed by atoms with Crippen LogP contribution < -0.4 is 0 Å². The fourth-order valence-corrected chi connectivity index (χ4v) is 3.46. The predicted molar refractivity (Wildman–Crippen MR) is 82.4 cm³/mol. The molecule has 24 heavy (non-hydrogen) atoms. The molecule has 1 aliphatic carbocycles. The van der Waals surface area contributed by atoms with E-state index in [1.54, 1.807) is 11.0 Å². The summed E-state index contributed by atoms with van der Waals surface area (Å²) in [5, 5.41) is 8.93. The zero-order valence-corrected chi connectivity index (χ0v) is 13.3. The number of β-amino-alcohol motifs (C(OH)–C–C–N with tert-alkyl or cyclic N) is 1. The van der Waals surface area contributed by atoms with E-state index in [-0.39, 0.29) is 29.9 Å². The van der Waals surface area contributed by atoms with Gasteiger partial charge in [-0.3, -0.25) is 9.69 Å². The first-order valence-corrected chi connectivity index (χ1v) is 8.20. The molecular formula is C17H21F3N2O2. The monoisotopic (exact) mass is 342 g/mol. The van der Waals surface area contributed by atoms with Crippen LogP contribution in [-0.4, -0.2) is 60.1 Å². The van der Waals surface area contributed by atoms with Gasteiger partial charge in [-0.2, -0.15) is 13.2 Å². The fourth-order valence-electron chi connectivity index (χ4n) is 3.46. The molecule has 0 bridgehead atoms. The Morgan fingerprint density at radius 1 is 1.17 bits per heavy atom. The lowest BCUT2D eigenvalue weighted by atomic mass is 10.0. The highest BCUT2D eigenvalue weighted by molar-refractivity contribution is 5.83. The minimum Gasteiger partial charge on any atom is -0.395 e. The molecule has 0 radical (unpaired) electrons. The molecular weight excluding hydrogens is 321 g/mol. The average Bonchev–Trinajstić information content (AvgIpc) is 3.35. The third kappa shape index (κ3) is 3.57. The van der Waals surface area contributed by atoms with Gasteiger partial charge in [0.05, 0.1) is 12.2 Å². The van der Waals surface area contributed by atoms with E-state index < -0.39 is 11.7 Å². The molecule has 2 fully saturated rings. The number of aliphatic hydroxyl groups is 1. The van der Waals surface area contributed by atoms with E-state index in [0.717, 1.165) is 6.07 Å². The lowest BCUT2D eigenvalue weighted by Gasteiger charge is -2.34. The summed E-state index contributed by atoms with van der Waals surface area (Å²) in [6, 6.07) is 5.55. The van der Waals surface area contributed by atoms with E-state index in [0.29, 0.717) is 39.1 Å². The fraction of sp³-hybridized carbons (Fsp3) is 0.588. The minimum atomic E-state index is -4.39. The molecule has 2 aliphatic rings. The van der Waals surface area contributed by atoms with Crippen LogP contribution in [0.3, 0.4) is 0 Å². The second-order valence-corrected chi connectivity index (χ2v) is 6.42. The first-order chi connectivity index (χ1) is 11.4. The summed E-state index contributed by atoms with van der Waals surface area (Å²) in [6.45, 7) is 3.22. The number of hydrogen-bond donors (Lipinski definition) is 1. The number of amides is 1. The van der Waals surface area contributed by atoms with E-state index in [9.17, 15) is 18.0 Å². The predicted octanol–water partition coefficient (Wildman–Crippen LogP) is 1.95. The van der Waals surface area contributed by atoms with Crippen LogP contribution in [0.25, 0.3) is 0 Å². The van der Waals surface area contributed by atoms with E-state index in [1.807, 2.05) is 0 Å². The van der Waals surface area contributed by atoms with Crippen molar-refractivity contribution in [1.82, 2.24) is 9.80 Å². The summed E-state index contributed by atoms with van der Waals surface area (Å²) in [4.78, 5) is 16.4. The lowest BCUT2D eigenvalue weighted by Crippen LogP contribution is -2.49. The van der Waals surface area contributed by atoms with Crippen LogP contribution >= 0.6 is 0 Å². The Morgan fingerprint density at radius 3 is 2.46 bits per heavy atom. The van der Waals surface area contributed by atoms with Crippen molar-refractivity contribution in [2.24, 2.45) is 5.92 Å². The number of piperazine rings is 1.